The fraction of sp³-hybridized carbons (Fsp3) is 0.550. The van der Waals surface area contributed by atoms with Crippen molar-refractivity contribution in [3.8, 4) is 5.75 Å². The number of hydrogen-bond donors (Lipinski definition) is 2. The van der Waals surface area contributed by atoms with Gasteiger partial charge < -0.3 is 15.4 Å². The van der Waals surface area contributed by atoms with E-state index in [-0.39, 0.29) is 41.6 Å². The van der Waals surface area contributed by atoms with Crippen LogP contribution in [0.3, 0.4) is 0 Å². The maximum absolute atomic E-state index is 13.6. The number of ether oxygens (including phenoxy) is 1. The molecule has 0 aliphatic carbocycles. The fourth-order valence-electron chi connectivity index (χ4n) is 3.04. The molecule has 1 atom stereocenters. The van der Waals surface area contributed by atoms with Crippen LogP contribution >= 0.6 is 24.0 Å². The quantitative estimate of drug-likeness (QED) is 0.266. The summed E-state index contributed by atoms with van der Waals surface area (Å²) in [6.45, 7) is 11.6. The summed E-state index contributed by atoms with van der Waals surface area (Å²) in [6.07, 6.45) is 1.98. The standard InChI is InChI=1S/C20H31FN4O.HI/c1-15(2)14-25-11-9-17(10-12-25)24-20(22-4)23-13-16(3)26-19-8-6-5-7-18(19)21;/h5-8,16-17H,1,9-14H2,2-4H3,(H2,22,23,24);1H. The average molecular weight is 490 g/mol. The number of benzene rings is 1. The summed E-state index contributed by atoms with van der Waals surface area (Å²) < 4.78 is 19.3. The molecule has 1 saturated heterocycles. The molecule has 152 valence electrons. The lowest BCUT2D eigenvalue weighted by atomic mass is 10.0. The highest BCUT2D eigenvalue weighted by molar-refractivity contribution is 14.0. The molecule has 0 saturated carbocycles. The molecule has 1 aromatic rings. The van der Waals surface area contributed by atoms with Gasteiger partial charge in [-0.2, -0.15) is 0 Å². The number of hydrogen-bond acceptors (Lipinski definition) is 3. The second-order valence-electron chi connectivity index (χ2n) is 6.96. The first-order chi connectivity index (χ1) is 12.5. The highest BCUT2D eigenvalue weighted by Gasteiger charge is 2.20. The minimum absolute atomic E-state index is 0. The maximum atomic E-state index is 13.6. The van der Waals surface area contributed by atoms with Gasteiger partial charge in [-0.15, -0.1) is 24.0 Å². The highest BCUT2D eigenvalue weighted by atomic mass is 127. The van der Waals surface area contributed by atoms with Crippen LogP contribution in [0.1, 0.15) is 26.7 Å². The van der Waals surface area contributed by atoms with Crippen LogP contribution in [0.2, 0.25) is 0 Å². The van der Waals surface area contributed by atoms with Crippen molar-refractivity contribution < 1.29 is 9.13 Å². The molecule has 0 amide bonds. The van der Waals surface area contributed by atoms with Gasteiger partial charge in [-0.3, -0.25) is 9.89 Å². The SMILES string of the molecule is C=C(C)CN1CCC(NC(=NC)NCC(C)Oc2ccccc2F)CC1.I. The van der Waals surface area contributed by atoms with Crippen LogP contribution < -0.4 is 15.4 Å². The normalized spacial score (nSPS) is 17.0. The van der Waals surface area contributed by atoms with E-state index in [2.05, 4.69) is 34.0 Å². The third kappa shape index (κ3) is 8.47. The van der Waals surface area contributed by atoms with E-state index >= 15 is 0 Å². The van der Waals surface area contributed by atoms with Crippen molar-refractivity contribution in [3.63, 3.8) is 0 Å². The molecule has 0 spiro atoms. The van der Waals surface area contributed by atoms with Crippen molar-refractivity contribution in [1.82, 2.24) is 15.5 Å². The second kappa shape index (κ2) is 12.2. The lowest BCUT2D eigenvalue weighted by molar-refractivity contribution is 0.211. The summed E-state index contributed by atoms with van der Waals surface area (Å²) in [6, 6.07) is 6.86. The molecule has 1 fully saturated rings. The number of aliphatic imine (C=N–C) groups is 1. The molecule has 0 radical (unpaired) electrons. The van der Waals surface area contributed by atoms with E-state index in [4.69, 9.17) is 4.74 Å². The molecule has 0 aromatic heterocycles. The largest absolute Gasteiger partial charge is 0.486 e. The molecule has 1 aliphatic rings. The summed E-state index contributed by atoms with van der Waals surface area (Å²) >= 11 is 0. The summed E-state index contributed by atoms with van der Waals surface area (Å²) in [7, 11) is 1.76. The third-order valence-electron chi connectivity index (χ3n) is 4.37. The zero-order chi connectivity index (χ0) is 18.9. The zero-order valence-electron chi connectivity index (χ0n) is 16.5. The number of likely N-dealkylation sites (tertiary alicyclic amines) is 1. The van der Waals surface area contributed by atoms with Gasteiger partial charge in [0.05, 0.1) is 6.54 Å². The van der Waals surface area contributed by atoms with E-state index in [0.717, 1.165) is 38.4 Å². The topological polar surface area (TPSA) is 48.9 Å². The van der Waals surface area contributed by atoms with Crippen LogP contribution in [0, 0.1) is 5.82 Å². The van der Waals surface area contributed by atoms with Gasteiger partial charge in [0.25, 0.3) is 0 Å². The molecule has 1 aromatic carbocycles. The van der Waals surface area contributed by atoms with Crippen molar-refractivity contribution in [3.05, 3.63) is 42.2 Å². The Morgan fingerprint density at radius 3 is 2.63 bits per heavy atom. The summed E-state index contributed by atoms with van der Waals surface area (Å²) in [5.74, 6) is 0.686. The van der Waals surface area contributed by atoms with E-state index in [1.54, 1.807) is 25.2 Å². The monoisotopic (exact) mass is 490 g/mol. The molecule has 2 N–H and O–H groups in total. The first-order valence-corrected chi connectivity index (χ1v) is 9.23. The van der Waals surface area contributed by atoms with Crippen LogP contribution in [0.15, 0.2) is 41.4 Å². The van der Waals surface area contributed by atoms with Crippen molar-refractivity contribution >= 4 is 29.9 Å². The molecule has 1 aliphatic heterocycles. The lowest BCUT2D eigenvalue weighted by Gasteiger charge is -2.33. The van der Waals surface area contributed by atoms with E-state index < -0.39 is 0 Å². The number of guanidine groups is 1. The molecule has 1 unspecified atom stereocenters. The Morgan fingerprint density at radius 2 is 2.04 bits per heavy atom. The van der Waals surface area contributed by atoms with E-state index in [9.17, 15) is 4.39 Å². The van der Waals surface area contributed by atoms with Gasteiger partial charge >= 0.3 is 0 Å². The van der Waals surface area contributed by atoms with Gasteiger partial charge in [-0.05, 0) is 38.8 Å². The smallest absolute Gasteiger partial charge is 0.191 e. The third-order valence-corrected chi connectivity index (χ3v) is 4.37. The fourth-order valence-corrected chi connectivity index (χ4v) is 3.04. The predicted molar refractivity (Wildman–Crippen MR) is 121 cm³/mol. The molecule has 5 nitrogen and oxygen atoms in total. The first kappa shape index (κ1) is 23.7. The Hall–Kier alpha value is -1.35. The minimum Gasteiger partial charge on any atom is -0.486 e. The number of nitrogens with zero attached hydrogens (tertiary/aromatic N) is 2. The van der Waals surface area contributed by atoms with Crippen LogP contribution in [-0.4, -0.2) is 56.2 Å². The molecular weight excluding hydrogens is 458 g/mol. The number of para-hydroxylation sites is 1. The van der Waals surface area contributed by atoms with Gasteiger partial charge in [0, 0.05) is 32.7 Å². The maximum Gasteiger partial charge on any atom is 0.191 e. The average Bonchev–Trinajstić information content (AvgIpc) is 2.61. The second-order valence-corrected chi connectivity index (χ2v) is 6.96. The molecule has 0 bridgehead atoms. The van der Waals surface area contributed by atoms with Crippen molar-refractivity contribution in [1.29, 1.82) is 0 Å². The Balaban J connectivity index is 0.00000364. The van der Waals surface area contributed by atoms with E-state index in [1.165, 1.54) is 11.6 Å². The summed E-state index contributed by atoms with van der Waals surface area (Å²) in [5, 5.41) is 6.73. The van der Waals surface area contributed by atoms with Crippen LogP contribution in [0.5, 0.6) is 5.75 Å². The van der Waals surface area contributed by atoms with Gasteiger partial charge in [0.1, 0.15) is 6.10 Å². The minimum atomic E-state index is -0.344. The Bertz CT molecular complexity index is 618. The van der Waals surface area contributed by atoms with E-state index in [1.807, 2.05) is 6.92 Å². The molecular formula is C20H32FIN4O. The van der Waals surface area contributed by atoms with Gasteiger partial charge in [0.2, 0.25) is 0 Å². The Labute approximate surface area is 179 Å². The first-order valence-electron chi connectivity index (χ1n) is 9.23. The Kier molecular flexibility index (Phi) is 10.7. The Morgan fingerprint density at radius 1 is 1.37 bits per heavy atom. The molecule has 1 heterocycles. The van der Waals surface area contributed by atoms with Crippen molar-refractivity contribution in [2.75, 3.05) is 33.2 Å². The number of piperidine rings is 1. The van der Waals surface area contributed by atoms with Gasteiger partial charge in [0.15, 0.2) is 17.5 Å². The number of nitrogens with one attached hydrogen (secondary N) is 2. The summed E-state index contributed by atoms with van der Waals surface area (Å²) in [5.41, 5.74) is 1.21. The van der Waals surface area contributed by atoms with Crippen molar-refractivity contribution in [2.45, 2.75) is 38.8 Å². The van der Waals surface area contributed by atoms with Gasteiger partial charge in [-0.1, -0.05) is 24.3 Å². The molecule has 2 rings (SSSR count). The predicted octanol–water partition coefficient (Wildman–Crippen LogP) is 3.42. The number of rotatable bonds is 7. The highest BCUT2D eigenvalue weighted by Crippen LogP contribution is 2.16. The number of halogens is 2. The summed E-state index contributed by atoms with van der Waals surface area (Å²) in [4.78, 5) is 6.71. The zero-order valence-corrected chi connectivity index (χ0v) is 18.8. The van der Waals surface area contributed by atoms with Crippen LogP contribution in [-0.2, 0) is 0 Å². The van der Waals surface area contributed by atoms with Gasteiger partial charge in [-0.25, -0.2) is 4.39 Å². The molecule has 7 heteroatoms. The van der Waals surface area contributed by atoms with E-state index in [0.29, 0.717) is 12.6 Å². The lowest BCUT2D eigenvalue weighted by Crippen LogP contribution is -2.50. The van der Waals surface area contributed by atoms with Crippen molar-refractivity contribution in [2.24, 2.45) is 4.99 Å². The molecule has 27 heavy (non-hydrogen) atoms. The van der Waals surface area contributed by atoms with Crippen LogP contribution in [0.25, 0.3) is 0 Å². The van der Waals surface area contributed by atoms with Crippen LogP contribution in [0.4, 0.5) is 4.39 Å².